The minimum atomic E-state index is -0.908. The van der Waals surface area contributed by atoms with Crippen LogP contribution in [-0.2, 0) is 16.1 Å². The Balaban J connectivity index is 2.02. The number of thiophene rings is 1. The van der Waals surface area contributed by atoms with Gasteiger partial charge in [0.1, 0.15) is 0 Å². The summed E-state index contributed by atoms with van der Waals surface area (Å²) in [5.41, 5.74) is 1.00. The Morgan fingerprint density at radius 2 is 2.53 bits per heavy atom. The van der Waals surface area contributed by atoms with Gasteiger partial charge in [-0.3, -0.25) is 4.90 Å². The zero-order valence-electron chi connectivity index (χ0n) is 11.0. The summed E-state index contributed by atoms with van der Waals surface area (Å²) in [6.07, 6.45) is 4.18. The molecule has 2 heterocycles. The first kappa shape index (κ1) is 14.2. The van der Waals surface area contributed by atoms with E-state index in [1.165, 1.54) is 11.0 Å². The van der Waals surface area contributed by atoms with E-state index < -0.39 is 5.97 Å². The minimum absolute atomic E-state index is 0.264. The van der Waals surface area contributed by atoms with E-state index in [2.05, 4.69) is 11.8 Å². The van der Waals surface area contributed by atoms with Crippen molar-refractivity contribution in [3.8, 4) is 0 Å². The van der Waals surface area contributed by atoms with E-state index in [9.17, 15) is 4.79 Å². The molecule has 0 aromatic carbocycles. The lowest BCUT2D eigenvalue weighted by molar-refractivity contribution is -0.131. The van der Waals surface area contributed by atoms with Crippen molar-refractivity contribution in [1.29, 1.82) is 0 Å². The molecule has 0 saturated carbocycles. The molecule has 1 aliphatic rings. The van der Waals surface area contributed by atoms with Crippen LogP contribution in [0.1, 0.15) is 23.8 Å². The molecule has 1 aromatic rings. The van der Waals surface area contributed by atoms with Crippen LogP contribution in [0.3, 0.4) is 0 Å². The fraction of sp³-hybridized carbons (Fsp3) is 0.500. The number of rotatable bonds is 4. The van der Waals surface area contributed by atoms with Crippen molar-refractivity contribution in [2.45, 2.75) is 26.0 Å². The zero-order valence-corrected chi connectivity index (χ0v) is 11.9. The molecule has 2 rings (SSSR count). The van der Waals surface area contributed by atoms with Crippen LogP contribution in [-0.4, -0.2) is 41.8 Å². The summed E-state index contributed by atoms with van der Waals surface area (Å²) in [7, 11) is 0. The fourth-order valence-corrected chi connectivity index (χ4v) is 3.12. The highest BCUT2D eigenvalue weighted by atomic mass is 32.1. The van der Waals surface area contributed by atoms with Gasteiger partial charge in [-0.15, -0.1) is 11.3 Å². The standard InChI is InChI=1S/C14H19NO3S/c1-11-9-15(6-2-7-18-11)10-13-12(5-8-19-13)3-4-14(16)17/h3-5,8,11H,2,6-7,9-10H2,1H3,(H,16,17). The van der Waals surface area contributed by atoms with Gasteiger partial charge in [-0.2, -0.15) is 0 Å². The van der Waals surface area contributed by atoms with Crippen LogP contribution < -0.4 is 0 Å². The third-order valence-electron chi connectivity index (χ3n) is 3.09. The molecule has 104 valence electrons. The van der Waals surface area contributed by atoms with Crippen LogP contribution in [0.5, 0.6) is 0 Å². The summed E-state index contributed by atoms with van der Waals surface area (Å²) in [5.74, 6) is -0.908. The summed E-state index contributed by atoms with van der Waals surface area (Å²) < 4.78 is 5.63. The molecule has 0 amide bonds. The zero-order chi connectivity index (χ0) is 13.7. The second kappa shape index (κ2) is 6.84. The average molecular weight is 281 g/mol. The lowest BCUT2D eigenvalue weighted by atomic mass is 10.2. The molecule has 1 aromatic heterocycles. The largest absolute Gasteiger partial charge is 0.478 e. The van der Waals surface area contributed by atoms with Crippen LogP contribution in [0.4, 0.5) is 0 Å². The Labute approximate surface area is 117 Å². The Morgan fingerprint density at radius 1 is 1.68 bits per heavy atom. The maximum Gasteiger partial charge on any atom is 0.328 e. The SMILES string of the molecule is CC1CN(Cc2sccc2C=CC(=O)O)CCCO1. The van der Waals surface area contributed by atoms with E-state index in [0.29, 0.717) is 0 Å². The van der Waals surface area contributed by atoms with Gasteiger partial charge in [0.25, 0.3) is 0 Å². The number of hydrogen-bond donors (Lipinski definition) is 1. The quantitative estimate of drug-likeness (QED) is 0.861. The number of ether oxygens (including phenoxy) is 1. The molecule has 0 bridgehead atoms. The fourth-order valence-electron chi connectivity index (χ4n) is 2.22. The molecular formula is C14H19NO3S. The second-order valence-corrected chi connectivity index (χ2v) is 5.74. The van der Waals surface area contributed by atoms with Crippen molar-refractivity contribution in [2.24, 2.45) is 0 Å². The van der Waals surface area contributed by atoms with E-state index in [1.807, 2.05) is 11.4 Å². The molecule has 0 aliphatic carbocycles. The molecule has 1 fully saturated rings. The second-order valence-electron chi connectivity index (χ2n) is 4.74. The summed E-state index contributed by atoms with van der Waals surface area (Å²) in [6.45, 7) is 5.75. The van der Waals surface area contributed by atoms with Gasteiger partial charge in [-0.05, 0) is 36.4 Å². The van der Waals surface area contributed by atoms with Crippen molar-refractivity contribution >= 4 is 23.4 Å². The van der Waals surface area contributed by atoms with Crippen molar-refractivity contribution in [1.82, 2.24) is 4.90 Å². The predicted molar refractivity (Wildman–Crippen MR) is 76.3 cm³/mol. The smallest absolute Gasteiger partial charge is 0.328 e. The number of hydrogen-bond acceptors (Lipinski definition) is 4. The third kappa shape index (κ3) is 4.45. The van der Waals surface area contributed by atoms with Crippen molar-refractivity contribution < 1.29 is 14.6 Å². The normalized spacial score (nSPS) is 21.6. The van der Waals surface area contributed by atoms with Gasteiger partial charge in [0.05, 0.1) is 6.10 Å². The maximum absolute atomic E-state index is 10.6. The molecule has 1 unspecified atom stereocenters. The molecule has 4 nitrogen and oxygen atoms in total. The van der Waals surface area contributed by atoms with Crippen LogP contribution in [0, 0.1) is 0 Å². The number of carboxylic acid groups (broad SMARTS) is 1. The highest BCUT2D eigenvalue weighted by Gasteiger charge is 2.16. The molecule has 1 aliphatic heterocycles. The van der Waals surface area contributed by atoms with Crippen LogP contribution in [0.25, 0.3) is 6.08 Å². The van der Waals surface area contributed by atoms with Crippen molar-refractivity contribution in [3.63, 3.8) is 0 Å². The van der Waals surface area contributed by atoms with Crippen LogP contribution in [0.15, 0.2) is 17.5 Å². The topological polar surface area (TPSA) is 49.8 Å². The molecule has 19 heavy (non-hydrogen) atoms. The molecule has 1 N–H and O–H groups in total. The summed E-state index contributed by atoms with van der Waals surface area (Å²) >= 11 is 1.68. The first-order valence-corrected chi connectivity index (χ1v) is 7.34. The lowest BCUT2D eigenvalue weighted by Crippen LogP contribution is -2.29. The van der Waals surface area contributed by atoms with E-state index in [0.717, 1.165) is 38.2 Å². The number of carbonyl (C=O) groups is 1. The molecule has 5 heteroatoms. The minimum Gasteiger partial charge on any atom is -0.478 e. The van der Waals surface area contributed by atoms with Gasteiger partial charge in [-0.25, -0.2) is 4.79 Å². The average Bonchev–Trinajstić information content (AvgIpc) is 2.68. The van der Waals surface area contributed by atoms with Crippen LogP contribution in [0.2, 0.25) is 0 Å². The molecule has 0 spiro atoms. The summed E-state index contributed by atoms with van der Waals surface area (Å²) in [6, 6.07) is 1.97. The monoisotopic (exact) mass is 281 g/mol. The first-order valence-electron chi connectivity index (χ1n) is 6.46. The van der Waals surface area contributed by atoms with Gasteiger partial charge in [0.2, 0.25) is 0 Å². The van der Waals surface area contributed by atoms with Crippen LogP contribution >= 0.6 is 11.3 Å². The van der Waals surface area contributed by atoms with Crippen molar-refractivity contribution in [2.75, 3.05) is 19.7 Å². The summed E-state index contributed by atoms with van der Waals surface area (Å²) in [5, 5.41) is 10.7. The third-order valence-corrected chi connectivity index (χ3v) is 4.01. The number of nitrogens with zero attached hydrogens (tertiary/aromatic N) is 1. The summed E-state index contributed by atoms with van der Waals surface area (Å²) in [4.78, 5) is 14.2. The predicted octanol–water partition coefficient (Wildman–Crippen LogP) is 2.46. The van der Waals surface area contributed by atoms with Gasteiger partial charge in [0.15, 0.2) is 0 Å². The lowest BCUT2D eigenvalue weighted by Gasteiger charge is -2.21. The van der Waals surface area contributed by atoms with Crippen molar-refractivity contribution in [3.05, 3.63) is 28.0 Å². The molecular weight excluding hydrogens is 262 g/mol. The molecule has 0 radical (unpaired) electrons. The van der Waals surface area contributed by atoms with E-state index in [-0.39, 0.29) is 6.10 Å². The van der Waals surface area contributed by atoms with Gasteiger partial charge in [-0.1, -0.05) is 0 Å². The van der Waals surface area contributed by atoms with E-state index in [1.54, 1.807) is 17.4 Å². The van der Waals surface area contributed by atoms with E-state index >= 15 is 0 Å². The first-order chi connectivity index (χ1) is 9.15. The number of carboxylic acids is 1. The number of aliphatic carboxylic acids is 1. The molecule has 1 saturated heterocycles. The molecule has 1 atom stereocenters. The van der Waals surface area contributed by atoms with Gasteiger partial charge >= 0.3 is 5.97 Å². The highest BCUT2D eigenvalue weighted by Crippen LogP contribution is 2.21. The Morgan fingerprint density at radius 3 is 3.32 bits per heavy atom. The Kier molecular flexibility index (Phi) is 5.13. The highest BCUT2D eigenvalue weighted by molar-refractivity contribution is 7.10. The maximum atomic E-state index is 10.6. The Bertz CT molecular complexity index is 455. The van der Waals surface area contributed by atoms with Gasteiger partial charge < -0.3 is 9.84 Å². The van der Waals surface area contributed by atoms with Gasteiger partial charge in [0, 0.05) is 37.2 Å². The Hall–Kier alpha value is -1.17. The van der Waals surface area contributed by atoms with E-state index in [4.69, 9.17) is 9.84 Å².